The summed E-state index contributed by atoms with van der Waals surface area (Å²) in [5, 5.41) is 9.04. The second-order valence-electron chi connectivity index (χ2n) is 4.42. The Bertz CT molecular complexity index is 981. The van der Waals surface area contributed by atoms with E-state index >= 15 is 0 Å². The predicted octanol–water partition coefficient (Wildman–Crippen LogP) is 2.11. The van der Waals surface area contributed by atoms with Gasteiger partial charge in [-0.1, -0.05) is 18.2 Å². The number of carboxylic acids is 1. The fourth-order valence-corrected chi connectivity index (χ4v) is 3.65. The lowest BCUT2D eigenvalue weighted by Gasteiger charge is -2.08. The van der Waals surface area contributed by atoms with Gasteiger partial charge in [-0.2, -0.15) is 0 Å². The zero-order valence-corrected chi connectivity index (χ0v) is 11.8. The van der Waals surface area contributed by atoms with Crippen LogP contribution < -0.4 is 0 Å². The Morgan fingerprint density at radius 3 is 2.45 bits per heavy atom. The number of hydrogen-bond donors (Lipinski definition) is 1. The molecule has 2 aromatic heterocycles. The number of pyridine rings is 1. The highest BCUT2D eigenvalue weighted by atomic mass is 32.2. The molecule has 22 heavy (non-hydrogen) atoms. The summed E-state index contributed by atoms with van der Waals surface area (Å²) in [7, 11) is -4.29. The molecule has 0 amide bonds. The van der Waals surface area contributed by atoms with Crippen molar-refractivity contribution >= 4 is 27.0 Å². The van der Waals surface area contributed by atoms with Gasteiger partial charge in [0.25, 0.3) is 10.0 Å². The average Bonchev–Trinajstić information content (AvgIpc) is 2.82. The van der Waals surface area contributed by atoms with E-state index < -0.39 is 27.5 Å². The fraction of sp³-hybridized carbons (Fsp3) is 0. The van der Waals surface area contributed by atoms with Crippen LogP contribution in [0.15, 0.2) is 53.6 Å². The first kappa shape index (κ1) is 14.2. The average molecular weight is 320 g/mol. The molecule has 0 aliphatic heterocycles. The highest BCUT2D eigenvalue weighted by molar-refractivity contribution is 7.90. The third-order valence-electron chi connectivity index (χ3n) is 3.11. The molecule has 112 valence electrons. The zero-order valence-electron chi connectivity index (χ0n) is 11.0. The third-order valence-corrected chi connectivity index (χ3v) is 4.81. The Morgan fingerprint density at radius 2 is 1.82 bits per heavy atom. The normalized spacial score (nSPS) is 11.7. The maximum atomic E-state index is 14.3. The van der Waals surface area contributed by atoms with Crippen LogP contribution in [-0.4, -0.2) is 28.5 Å². The molecule has 3 aromatic rings. The summed E-state index contributed by atoms with van der Waals surface area (Å²) in [4.78, 5) is 15.0. The molecule has 2 heterocycles. The lowest BCUT2D eigenvalue weighted by Crippen LogP contribution is -2.19. The van der Waals surface area contributed by atoms with Gasteiger partial charge in [0.1, 0.15) is 0 Å². The molecule has 0 aliphatic carbocycles. The molecule has 0 atom stereocenters. The quantitative estimate of drug-likeness (QED) is 0.798. The number of carboxylic acid groups (broad SMARTS) is 1. The summed E-state index contributed by atoms with van der Waals surface area (Å²) in [6.45, 7) is 0. The minimum absolute atomic E-state index is 0.153. The summed E-state index contributed by atoms with van der Waals surface area (Å²) < 4.78 is 40.1. The SMILES string of the molecule is O=C(O)c1c(F)c2cccnc2n1S(=O)(=O)c1ccccc1. The van der Waals surface area contributed by atoms with E-state index in [2.05, 4.69) is 4.98 Å². The standard InChI is InChI=1S/C14H9FN2O4S/c15-11-10-7-4-8-16-13(10)17(12(11)14(18)19)22(20,21)9-5-2-1-3-6-9/h1-8H,(H,18,19). The van der Waals surface area contributed by atoms with E-state index in [0.717, 1.165) is 0 Å². The Balaban J connectivity index is 2.45. The van der Waals surface area contributed by atoms with Gasteiger partial charge >= 0.3 is 5.97 Å². The lowest BCUT2D eigenvalue weighted by atomic mass is 10.3. The Labute approximate surface area is 124 Å². The predicted molar refractivity (Wildman–Crippen MR) is 75.7 cm³/mol. The van der Waals surface area contributed by atoms with Gasteiger partial charge in [-0.3, -0.25) is 0 Å². The third kappa shape index (κ3) is 1.96. The van der Waals surface area contributed by atoms with Crippen LogP contribution in [0, 0.1) is 5.82 Å². The van der Waals surface area contributed by atoms with Crippen LogP contribution in [0.25, 0.3) is 11.0 Å². The smallest absolute Gasteiger partial charge is 0.356 e. The number of fused-ring (bicyclic) bond motifs is 1. The number of nitrogens with zero attached hydrogens (tertiary/aromatic N) is 2. The van der Waals surface area contributed by atoms with Crippen molar-refractivity contribution in [2.75, 3.05) is 0 Å². The molecule has 1 aromatic carbocycles. The minimum atomic E-state index is -4.29. The van der Waals surface area contributed by atoms with Crippen molar-refractivity contribution in [3.05, 3.63) is 60.2 Å². The molecule has 0 saturated heterocycles. The molecule has 6 nitrogen and oxygen atoms in total. The Hall–Kier alpha value is -2.74. The second kappa shape index (κ2) is 4.92. The van der Waals surface area contributed by atoms with Crippen molar-refractivity contribution in [1.29, 1.82) is 0 Å². The minimum Gasteiger partial charge on any atom is -0.476 e. The maximum Gasteiger partial charge on any atom is 0.356 e. The van der Waals surface area contributed by atoms with E-state index in [1.54, 1.807) is 6.07 Å². The van der Waals surface area contributed by atoms with Crippen molar-refractivity contribution in [3.8, 4) is 0 Å². The second-order valence-corrected chi connectivity index (χ2v) is 6.21. The molecule has 1 N–H and O–H groups in total. The van der Waals surface area contributed by atoms with Crippen molar-refractivity contribution in [2.45, 2.75) is 4.90 Å². The van der Waals surface area contributed by atoms with Gasteiger partial charge in [0.05, 0.1) is 10.3 Å². The van der Waals surface area contributed by atoms with Gasteiger partial charge in [-0.05, 0) is 24.3 Å². The highest BCUT2D eigenvalue weighted by Crippen LogP contribution is 2.27. The fourth-order valence-electron chi connectivity index (χ4n) is 2.17. The van der Waals surface area contributed by atoms with Crippen LogP contribution in [0.2, 0.25) is 0 Å². The van der Waals surface area contributed by atoms with E-state index in [0.29, 0.717) is 3.97 Å². The van der Waals surface area contributed by atoms with Gasteiger partial charge in [0.2, 0.25) is 0 Å². The van der Waals surface area contributed by atoms with E-state index in [1.165, 1.54) is 42.6 Å². The Kier molecular flexibility index (Phi) is 3.18. The lowest BCUT2D eigenvalue weighted by molar-refractivity contribution is 0.0684. The first-order valence-electron chi connectivity index (χ1n) is 6.13. The van der Waals surface area contributed by atoms with Crippen molar-refractivity contribution in [2.24, 2.45) is 0 Å². The first-order chi connectivity index (χ1) is 10.4. The summed E-state index contributed by atoms with van der Waals surface area (Å²) in [6, 6.07) is 9.87. The summed E-state index contributed by atoms with van der Waals surface area (Å²) in [6.07, 6.45) is 1.27. The van der Waals surface area contributed by atoms with Crippen LogP contribution in [0.5, 0.6) is 0 Å². The molecule has 0 bridgehead atoms. The molecule has 0 saturated carbocycles. The van der Waals surface area contributed by atoms with Crippen molar-refractivity contribution in [3.63, 3.8) is 0 Å². The van der Waals surface area contributed by atoms with Gasteiger partial charge < -0.3 is 5.11 Å². The van der Waals surface area contributed by atoms with Crippen LogP contribution in [0.1, 0.15) is 10.5 Å². The molecule has 0 aliphatic rings. The molecule has 0 spiro atoms. The van der Waals surface area contributed by atoms with Gasteiger partial charge in [0.15, 0.2) is 17.2 Å². The topological polar surface area (TPSA) is 89.3 Å². The monoisotopic (exact) mass is 320 g/mol. The first-order valence-corrected chi connectivity index (χ1v) is 7.57. The molecule has 3 rings (SSSR count). The summed E-state index contributed by atoms with van der Waals surface area (Å²) in [5.74, 6) is -2.81. The van der Waals surface area contributed by atoms with E-state index in [4.69, 9.17) is 0 Å². The molecule has 0 radical (unpaired) electrons. The van der Waals surface area contributed by atoms with Crippen LogP contribution in [0.4, 0.5) is 4.39 Å². The van der Waals surface area contributed by atoms with Crippen molar-refractivity contribution < 1.29 is 22.7 Å². The molecule has 0 unspecified atom stereocenters. The van der Waals surface area contributed by atoms with Crippen LogP contribution in [0.3, 0.4) is 0 Å². The number of rotatable bonds is 3. The molecule has 0 fully saturated rings. The van der Waals surface area contributed by atoms with E-state index in [1.807, 2.05) is 0 Å². The molecular weight excluding hydrogens is 311 g/mol. The van der Waals surface area contributed by atoms with Crippen LogP contribution in [-0.2, 0) is 10.0 Å². The number of aromatic nitrogens is 2. The molecular formula is C14H9FN2O4S. The van der Waals surface area contributed by atoms with Crippen LogP contribution >= 0.6 is 0 Å². The van der Waals surface area contributed by atoms with E-state index in [9.17, 15) is 22.7 Å². The van der Waals surface area contributed by atoms with Crippen molar-refractivity contribution in [1.82, 2.24) is 8.96 Å². The summed E-state index contributed by atoms with van der Waals surface area (Å²) in [5.41, 5.74) is -1.22. The maximum absolute atomic E-state index is 14.3. The Morgan fingerprint density at radius 1 is 1.14 bits per heavy atom. The highest BCUT2D eigenvalue weighted by Gasteiger charge is 2.31. The van der Waals surface area contributed by atoms with E-state index in [-0.39, 0.29) is 15.9 Å². The van der Waals surface area contributed by atoms with Gasteiger partial charge in [-0.25, -0.2) is 26.6 Å². The molecule has 8 heteroatoms. The number of aromatic carboxylic acids is 1. The van der Waals surface area contributed by atoms with Gasteiger partial charge in [0, 0.05) is 6.20 Å². The largest absolute Gasteiger partial charge is 0.476 e. The number of hydrogen-bond acceptors (Lipinski definition) is 4. The van der Waals surface area contributed by atoms with Gasteiger partial charge in [-0.15, -0.1) is 0 Å². The number of carbonyl (C=O) groups is 1. The zero-order chi connectivity index (χ0) is 15.9. The summed E-state index contributed by atoms with van der Waals surface area (Å²) >= 11 is 0. The number of halogens is 1. The number of benzene rings is 1.